The summed E-state index contributed by atoms with van der Waals surface area (Å²) in [4.78, 5) is 0.234. The highest BCUT2D eigenvalue weighted by atomic mass is 32.2. The number of rotatable bonds is 7. The smallest absolute Gasteiger partial charge is 0.243 e. The average Bonchev–Trinajstić information content (AvgIpc) is 2.38. The number of hydrogen-bond acceptors (Lipinski definition) is 4. The Kier molecular flexibility index (Phi) is 5.93. The van der Waals surface area contributed by atoms with Crippen molar-refractivity contribution in [1.82, 2.24) is 4.31 Å². The molecule has 0 aliphatic rings. The first-order chi connectivity index (χ1) is 8.95. The average molecular weight is 287 g/mol. The number of aliphatic hydroxyl groups is 1. The molecule has 1 rings (SSSR count). The number of nitrogens with zero attached hydrogens (tertiary/aromatic N) is 1. The molecule has 0 unspecified atom stereocenters. The van der Waals surface area contributed by atoms with Crippen LogP contribution in [0.2, 0.25) is 0 Å². The molecule has 0 atom stereocenters. The van der Waals surface area contributed by atoms with Gasteiger partial charge in [-0.15, -0.1) is 0 Å². The van der Waals surface area contributed by atoms with Gasteiger partial charge in [0.2, 0.25) is 10.0 Å². The number of sulfonamides is 1. The van der Waals surface area contributed by atoms with Crippen LogP contribution < -0.4 is 0 Å². The fourth-order valence-corrected chi connectivity index (χ4v) is 3.16. The minimum Gasteiger partial charge on any atom is -0.392 e. The van der Waals surface area contributed by atoms with Crippen LogP contribution in [0.1, 0.15) is 18.1 Å². The van der Waals surface area contributed by atoms with Crippen molar-refractivity contribution >= 4 is 10.0 Å². The van der Waals surface area contributed by atoms with Crippen molar-refractivity contribution in [2.75, 3.05) is 26.8 Å². The number of benzene rings is 1. The van der Waals surface area contributed by atoms with E-state index in [1.165, 1.54) is 11.4 Å². The summed E-state index contributed by atoms with van der Waals surface area (Å²) in [6, 6.07) is 4.91. The predicted octanol–water partition coefficient (Wildman–Crippen LogP) is 1.14. The van der Waals surface area contributed by atoms with E-state index in [-0.39, 0.29) is 11.5 Å². The van der Waals surface area contributed by atoms with Gasteiger partial charge in [-0.2, -0.15) is 4.31 Å². The van der Waals surface area contributed by atoms with Crippen molar-refractivity contribution in [2.45, 2.75) is 25.3 Å². The molecule has 0 spiro atoms. The van der Waals surface area contributed by atoms with E-state index in [4.69, 9.17) is 4.74 Å². The van der Waals surface area contributed by atoms with E-state index in [9.17, 15) is 13.5 Å². The van der Waals surface area contributed by atoms with E-state index < -0.39 is 10.0 Å². The Labute approximate surface area is 114 Å². The zero-order valence-corrected chi connectivity index (χ0v) is 12.4. The summed E-state index contributed by atoms with van der Waals surface area (Å²) in [6.07, 6.45) is 0. The van der Waals surface area contributed by atoms with Crippen LogP contribution in [0.15, 0.2) is 23.1 Å². The predicted molar refractivity (Wildman–Crippen MR) is 73.4 cm³/mol. The van der Waals surface area contributed by atoms with Gasteiger partial charge < -0.3 is 9.84 Å². The Balaban J connectivity index is 3.00. The summed E-state index contributed by atoms with van der Waals surface area (Å²) < 4.78 is 31.2. The van der Waals surface area contributed by atoms with E-state index >= 15 is 0 Å². The Morgan fingerprint density at radius 3 is 2.63 bits per heavy atom. The minimum atomic E-state index is -3.54. The zero-order valence-electron chi connectivity index (χ0n) is 11.6. The van der Waals surface area contributed by atoms with Gasteiger partial charge in [0, 0.05) is 20.2 Å². The maximum Gasteiger partial charge on any atom is 0.243 e. The van der Waals surface area contributed by atoms with Crippen LogP contribution >= 0.6 is 0 Å². The highest BCUT2D eigenvalue weighted by Gasteiger charge is 2.23. The third kappa shape index (κ3) is 3.76. The second-order valence-electron chi connectivity index (χ2n) is 4.22. The minimum absolute atomic E-state index is 0.169. The molecule has 1 aromatic carbocycles. The molecule has 108 valence electrons. The molecule has 0 saturated carbocycles. The van der Waals surface area contributed by atoms with Gasteiger partial charge in [-0.3, -0.25) is 0 Å². The van der Waals surface area contributed by atoms with E-state index in [2.05, 4.69) is 0 Å². The third-order valence-electron chi connectivity index (χ3n) is 3.01. The molecular formula is C13H21NO4S. The van der Waals surface area contributed by atoms with Crippen LogP contribution in [0.5, 0.6) is 0 Å². The van der Waals surface area contributed by atoms with Crippen LogP contribution in [0.4, 0.5) is 0 Å². The monoisotopic (exact) mass is 287 g/mol. The Morgan fingerprint density at radius 1 is 1.37 bits per heavy atom. The summed E-state index contributed by atoms with van der Waals surface area (Å²) in [7, 11) is -2.01. The van der Waals surface area contributed by atoms with Gasteiger partial charge in [-0.05, 0) is 31.0 Å². The van der Waals surface area contributed by atoms with Gasteiger partial charge in [-0.25, -0.2) is 8.42 Å². The molecule has 0 aliphatic carbocycles. The molecule has 0 bridgehead atoms. The number of ether oxygens (including phenoxy) is 1. The van der Waals surface area contributed by atoms with Gasteiger partial charge in [0.1, 0.15) is 0 Å². The van der Waals surface area contributed by atoms with Crippen molar-refractivity contribution in [3.05, 3.63) is 29.3 Å². The first-order valence-corrected chi connectivity index (χ1v) is 7.62. The van der Waals surface area contributed by atoms with E-state index in [0.29, 0.717) is 30.9 Å². The third-order valence-corrected chi connectivity index (χ3v) is 5.01. The van der Waals surface area contributed by atoms with Crippen molar-refractivity contribution in [3.8, 4) is 0 Å². The maximum absolute atomic E-state index is 12.4. The molecule has 5 nitrogen and oxygen atoms in total. The molecule has 0 aliphatic heterocycles. The summed E-state index contributed by atoms with van der Waals surface area (Å²) >= 11 is 0. The molecule has 0 saturated heterocycles. The topological polar surface area (TPSA) is 66.8 Å². The Bertz CT molecular complexity index is 513. The van der Waals surface area contributed by atoms with Gasteiger partial charge >= 0.3 is 0 Å². The Hall–Kier alpha value is -0.950. The lowest BCUT2D eigenvalue weighted by Gasteiger charge is -2.19. The van der Waals surface area contributed by atoms with Crippen LogP contribution in [-0.2, 0) is 21.4 Å². The molecule has 0 heterocycles. The molecule has 0 aromatic heterocycles. The lowest BCUT2D eigenvalue weighted by Crippen LogP contribution is -2.31. The maximum atomic E-state index is 12.4. The highest BCUT2D eigenvalue weighted by Crippen LogP contribution is 2.21. The van der Waals surface area contributed by atoms with Crippen LogP contribution in [0.3, 0.4) is 0 Å². The number of hydrogen-bond donors (Lipinski definition) is 1. The van der Waals surface area contributed by atoms with Gasteiger partial charge in [-0.1, -0.05) is 12.1 Å². The number of likely N-dealkylation sites (N-methyl/N-ethyl adjacent to an activating group) is 1. The first kappa shape index (κ1) is 16.1. The van der Waals surface area contributed by atoms with E-state index in [1.807, 2.05) is 6.92 Å². The molecule has 1 N–H and O–H groups in total. The lowest BCUT2D eigenvalue weighted by atomic mass is 10.1. The normalized spacial score (nSPS) is 12.1. The van der Waals surface area contributed by atoms with Crippen molar-refractivity contribution in [2.24, 2.45) is 0 Å². The quantitative estimate of drug-likeness (QED) is 0.764. The molecule has 6 heteroatoms. The van der Waals surface area contributed by atoms with Crippen molar-refractivity contribution in [3.63, 3.8) is 0 Å². The van der Waals surface area contributed by atoms with Gasteiger partial charge in [0.15, 0.2) is 0 Å². The standard InChI is InChI=1S/C13H21NO4S/c1-4-18-9-8-14(3)19(16,17)13-7-5-6-12(10-15)11(13)2/h5-7,15H,4,8-10H2,1-3H3. The molecule has 0 radical (unpaired) electrons. The fourth-order valence-electron chi connectivity index (χ4n) is 1.74. The van der Waals surface area contributed by atoms with Gasteiger partial charge in [0.25, 0.3) is 0 Å². The van der Waals surface area contributed by atoms with Gasteiger partial charge in [0.05, 0.1) is 18.1 Å². The Morgan fingerprint density at radius 2 is 2.05 bits per heavy atom. The fraction of sp³-hybridized carbons (Fsp3) is 0.538. The zero-order chi connectivity index (χ0) is 14.5. The largest absolute Gasteiger partial charge is 0.392 e. The first-order valence-electron chi connectivity index (χ1n) is 6.18. The summed E-state index contributed by atoms with van der Waals surface area (Å²) in [6.45, 7) is 4.63. The van der Waals surface area contributed by atoms with Crippen molar-refractivity contribution < 1.29 is 18.3 Å². The molecular weight excluding hydrogens is 266 g/mol. The number of aliphatic hydroxyl groups excluding tert-OH is 1. The summed E-state index contributed by atoms with van der Waals surface area (Å²) in [5, 5.41) is 9.19. The van der Waals surface area contributed by atoms with E-state index in [0.717, 1.165) is 0 Å². The molecule has 0 fully saturated rings. The van der Waals surface area contributed by atoms with Crippen LogP contribution in [-0.4, -0.2) is 44.6 Å². The second kappa shape index (κ2) is 7.00. The molecule has 1 aromatic rings. The summed E-state index contributed by atoms with van der Waals surface area (Å²) in [5.74, 6) is 0. The molecule has 19 heavy (non-hydrogen) atoms. The molecule has 0 amide bonds. The van der Waals surface area contributed by atoms with E-state index in [1.54, 1.807) is 25.1 Å². The van der Waals surface area contributed by atoms with Crippen LogP contribution in [0.25, 0.3) is 0 Å². The second-order valence-corrected chi connectivity index (χ2v) is 6.24. The summed E-state index contributed by atoms with van der Waals surface area (Å²) in [5.41, 5.74) is 1.22. The van der Waals surface area contributed by atoms with Crippen molar-refractivity contribution in [1.29, 1.82) is 0 Å². The lowest BCUT2D eigenvalue weighted by molar-refractivity contribution is 0.138. The SMILES string of the molecule is CCOCCN(C)S(=O)(=O)c1cccc(CO)c1C. The van der Waals surface area contributed by atoms with Crippen LogP contribution in [0, 0.1) is 6.92 Å². The highest BCUT2D eigenvalue weighted by molar-refractivity contribution is 7.89.